The fourth-order valence-electron chi connectivity index (χ4n) is 2.85. The van der Waals surface area contributed by atoms with Crippen LogP contribution in [-0.4, -0.2) is 21.0 Å². The highest BCUT2D eigenvalue weighted by Gasteiger charge is 2.20. The lowest BCUT2D eigenvalue weighted by Gasteiger charge is -2.20. The SMILES string of the molecule is Cn1cc(CCC(O)C2CCCCCC2)cn1. The molecule has 1 fully saturated rings. The largest absolute Gasteiger partial charge is 0.393 e. The first-order valence-electron chi connectivity index (χ1n) is 6.91. The van der Waals surface area contributed by atoms with Gasteiger partial charge in [0.15, 0.2) is 0 Å². The summed E-state index contributed by atoms with van der Waals surface area (Å²) in [5.74, 6) is 0.536. The molecular weight excluding hydrogens is 212 g/mol. The van der Waals surface area contributed by atoms with Gasteiger partial charge in [-0.05, 0) is 37.2 Å². The summed E-state index contributed by atoms with van der Waals surface area (Å²) in [4.78, 5) is 0. The Morgan fingerprint density at radius 1 is 1.35 bits per heavy atom. The summed E-state index contributed by atoms with van der Waals surface area (Å²) in [5, 5.41) is 14.4. The summed E-state index contributed by atoms with van der Waals surface area (Å²) in [5.41, 5.74) is 1.24. The minimum Gasteiger partial charge on any atom is -0.393 e. The van der Waals surface area contributed by atoms with Gasteiger partial charge in [-0.15, -0.1) is 0 Å². The highest BCUT2D eigenvalue weighted by molar-refractivity contribution is 5.03. The smallest absolute Gasteiger partial charge is 0.0571 e. The molecule has 1 atom stereocenters. The maximum absolute atomic E-state index is 10.2. The van der Waals surface area contributed by atoms with Gasteiger partial charge < -0.3 is 5.11 Å². The lowest BCUT2D eigenvalue weighted by molar-refractivity contribution is 0.0904. The van der Waals surface area contributed by atoms with Gasteiger partial charge in [0.25, 0.3) is 0 Å². The Balaban J connectivity index is 1.77. The van der Waals surface area contributed by atoms with Crippen LogP contribution in [0.4, 0.5) is 0 Å². The molecule has 1 N–H and O–H groups in total. The Bertz CT molecular complexity index is 327. The lowest BCUT2D eigenvalue weighted by atomic mass is 9.90. The van der Waals surface area contributed by atoms with Gasteiger partial charge in [-0.2, -0.15) is 5.10 Å². The predicted octanol–water partition coefficient (Wildman–Crippen LogP) is 2.68. The molecule has 1 aliphatic rings. The van der Waals surface area contributed by atoms with Crippen LogP contribution in [0.15, 0.2) is 12.4 Å². The number of aliphatic hydroxyl groups excluding tert-OH is 1. The maximum Gasteiger partial charge on any atom is 0.0571 e. The van der Waals surface area contributed by atoms with Crippen LogP contribution >= 0.6 is 0 Å². The Labute approximate surface area is 104 Å². The Morgan fingerprint density at radius 2 is 2.06 bits per heavy atom. The molecular formula is C14H24N2O. The monoisotopic (exact) mass is 236 g/mol. The third kappa shape index (κ3) is 3.84. The Kier molecular flexibility index (Phi) is 4.60. The van der Waals surface area contributed by atoms with Crippen LogP contribution in [0.3, 0.4) is 0 Å². The molecule has 1 aliphatic carbocycles. The van der Waals surface area contributed by atoms with Gasteiger partial charge in [0.1, 0.15) is 0 Å². The van der Waals surface area contributed by atoms with E-state index in [4.69, 9.17) is 0 Å². The molecule has 96 valence electrons. The number of aliphatic hydroxyl groups is 1. The summed E-state index contributed by atoms with van der Waals surface area (Å²) < 4.78 is 1.83. The highest BCUT2D eigenvalue weighted by atomic mass is 16.3. The fourth-order valence-corrected chi connectivity index (χ4v) is 2.85. The van der Waals surface area contributed by atoms with Gasteiger partial charge in [-0.1, -0.05) is 25.7 Å². The highest BCUT2D eigenvalue weighted by Crippen LogP contribution is 2.27. The molecule has 2 rings (SSSR count). The number of rotatable bonds is 4. The summed E-state index contributed by atoms with van der Waals surface area (Å²) >= 11 is 0. The third-order valence-electron chi connectivity index (χ3n) is 3.93. The fraction of sp³-hybridized carbons (Fsp3) is 0.786. The standard InChI is InChI=1S/C14H24N2O/c1-16-11-12(10-15-16)8-9-14(17)13-6-4-2-3-5-7-13/h10-11,13-14,17H,2-9H2,1H3. The summed E-state index contributed by atoms with van der Waals surface area (Å²) in [6, 6.07) is 0. The van der Waals surface area contributed by atoms with Gasteiger partial charge in [0, 0.05) is 13.2 Å². The van der Waals surface area contributed by atoms with Crippen molar-refractivity contribution in [3.05, 3.63) is 18.0 Å². The molecule has 3 heteroatoms. The molecule has 1 heterocycles. The quantitative estimate of drug-likeness (QED) is 0.816. The molecule has 0 aliphatic heterocycles. The molecule has 1 unspecified atom stereocenters. The lowest BCUT2D eigenvalue weighted by Crippen LogP contribution is -2.20. The maximum atomic E-state index is 10.2. The van der Waals surface area contributed by atoms with E-state index in [1.54, 1.807) is 0 Å². The summed E-state index contributed by atoms with van der Waals surface area (Å²) in [7, 11) is 1.94. The number of nitrogens with zero attached hydrogens (tertiary/aromatic N) is 2. The second kappa shape index (κ2) is 6.20. The van der Waals surface area contributed by atoms with Crippen molar-refractivity contribution in [2.75, 3.05) is 0 Å². The van der Waals surface area contributed by atoms with Crippen molar-refractivity contribution in [1.82, 2.24) is 9.78 Å². The minimum atomic E-state index is -0.117. The normalized spacial score (nSPS) is 20.1. The molecule has 0 bridgehead atoms. The van der Waals surface area contributed by atoms with Gasteiger partial charge >= 0.3 is 0 Å². The zero-order chi connectivity index (χ0) is 12.1. The molecule has 0 saturated heterocycles. The molecule has 17 heavy (non-hydrogen) atoms. The summed E-state index contributed by atoms with van der Waals surface area (Å²) in [6.07, 6.45) is 13.4. The average Bonchev–Trinajstić information content (AvgIpc) is 2.58. The molecule has 1 saturated carbocycles. The van der Waals surface area contributed by atoms with Crippen LogP contribution in [0.1, 0.15) is 50.5 Å². The summed E-state index contributed by atoms with van der Waals surface area (Å²) in [6.45, 7) is 0. The van der Waals surface area contributed by atoms with Crippen LogP contribution in [0.25, 0.3) is 0 Å². The van der Waals surface area contributed by atoms with E-state index in [1.807, 2.05) is 24.1 Å². The number of hydrogen-bond donors (Lipinski definition) is 1. The second-order valence-corrected chi connectivity index (χ2v) is 5.38. The van der Waals surface area contributed by atoms with E-state index in [-0.39, 0.29) is 6.10 Å². The first-order valence-corrected chi connectivity index (χ1v) is 6.91. The molecule has 1 aromatic heterocycles. The van der Waals surface area contributed by atoms with E-state index in [2.05, 4.69) is 5.10 Å². The average molecular weight is 236 g/mol. The Morgan fingerprint density at radius 3 is 2.65 bits per heavy atom. The van der Waals surface area contributed by atoms with Crippen LogP contribution < -0.4 is 0 Å². The van der Waals surface area contributed by atoms with Gasteiger partial charge in [-0.25, -0.2) is 0 Å². The molecule has 3 nitrogen and oxygen atoms in total. The van der Waals surface area contributed by atoms with E-state index in [9.17, 15) is 5.11 Å². The molecule has 0 amide bonds. The van der Waals surface area contributed by atoms with Crippen molar-refractivity contribution in [2.24, 2.45) is 13.0 Å². The third-order valence-corrected chi connectivity index (χ3v) is 3.93. The van der Waals surface area contributed by atoms with E-state index < -0.39 is 0 Å². The zero-order valence-corrected chi connectivity index (χ0v) is 10.8. The molecule has 0 spiro atoms. The van der Waals surface area contributed by atoms with E-state index in [0.29, 0.717) is 5.92 Å². The van der Waals surface area contributed by atoms with E-state index in [0.717, 1.165) is 12.8 Å². The van der Waals surface area contributed by atoms with Gasteiger partial charge in [0.2, 0.25) is 0 Å². The van der Waals surface area contributed by atoms with Crippen molar-refractivity contribution in [1.29, 1.82) is 0 Å². The molecule has 0 aromatic carbocycles. The van der Waals surface area contributed by atoms with Crippen molar-refractivity contribution in [2.45, 2.75) is 57.5 Å². The number of hydrogen-bond acceptors (Lipinski definition) is 2. The van der Waals surface area contributed by atoms with Crippen LogP contribution in [0.2, 0.25) is 0 Å². The van der Waals surface area contributed by atoms with Crippen LogP contribution in [-0.2, 0) is 13.5 Å². The Hall–Kier alpha value is -0.830. The van der Waals surface area contributed by atoms with Gasteiger partial charge in [0.05, 0.1) is 12.3 Å². The second-order valence-electron chi connectivity index (χ2n) is 5.38. The van der Waals surface area contributed by atoms with Crippen molar-refractivity contribution >= 4 is 0 Å². The molecule has 0 radical (unpaired) electrons. The van der Waals surface area contributed by atoms with Crippen LogP contribution in [0.5, 0.6) is 0 Å². The first-order chi connectivity index (χ1) is 8.25. The first kappa shape index (κ1) is 12.6. The zero-order valence-electron chi connectivity index (χ0n) is 10.8. The van der Waals surface area contributed by atoms with Crippen molar-refractivity contribution < 1.29 is 5.11 Å². The number of aromatic nitrogens is 2. The van der Waals surface area contributed by atoms with Gasteiger partial charge in [-0.3, -0.25) is 4.68 Å². The predicted molar refractivity (Wildman–Crippen MR) is 68.7 cm³/mol. The van der Waals surface area contributed by atoms with Crippen LogP contribution in [0, 0.1) is 5.92 Å². The topological polar surface area (TPSA) is 38.0 Å². The van der Waals surface area contributed by atoms with Crippen molar-refractivity contribution in [3.8, 4) is 0 Å². The minimum absolute atomic E-state index is 0.117. The van der Waals surface area contributed by atoms with Crippen molar-refractivity contribution in [3.63, 3.8) is 0 Å². The van der Waals surface area contributed by atoms with E-state index in [1.165, 1.54) is 44.1 Å². The number of aryl methyl sites for hydroxylation is 2. The van der Waals surface area contributed by atoms with E-state index >= 15 is 0 Å². The molecule has 1 aromatic rings.